The molecule has 7 nitrogen and oxygen atoms in total. The van der Waals surface area contributed by atoms with Crippen molar-refractivity contribution in [1.29, 1.82) is 0 Å². The number of hydrogen-bond acceptors (Lipinski definition) is 7. The average molecular weight is 586 g/mol. The zero-order chi connectivity index (χ0) is 32.1. The van der Waals surface area contributed by atoms with Crippen molar-refractivity contribution in [1.82, 2.24) is 9.97 Å². The highest BCUT2D eigenvalue weighted by Gasteiger charge is 2.26. The molecule has 0 aliphatic carbocycles. The second kappa shape index (κ2) is 21.0. The normalized spacial score (nSPS) is 10.2. The zero-order valence-electron chi connectivity index (χ0n) is 26.9. The van der Waals surface area contributed by atoms with E-state index in [0.717, 1.165) is 53.7 Å². The number of hydrogen-bond donors (Lipinski definition) is 1. The molecule has 0 unspecified atom stereocenters. The molecule has 0 radical (unpaired) electrons. The summed E-state index contributed by atoms with van der Waals surface area (Å²) in [4.78, 5) is 25.3. The molecule has 0 spiro atoms. The summed E-state index contributed by atoms with van der Waals surface area (Å²) < 4.78 is 27.0. The number of anilines is 1. The number of nitrogens with one attached hydrogen (secondary N) is 1. The molecule has 3 aromatic rings. The SMILES string of the molecule is C=O.CC.CC=O.CCCc1cc(C(C)(C)c2ccc(OCc3ccnc(NC)n3)cc2)cc(F)c1OCCC(C)C.[HH]. The summed E-state index contributed by atoms with van der Waals surface area (Å²) in [6.07, 6.45) is 5.07. The molecular formula is C34H52FN3O4. The van der Waals surface area contributed by atoms with Gasteiger partial charge in [0.05, 0.1) is 12.3 Å². The quantitative estimate of drug-likeness (QED) is 0.214. The van der Waals surface area contributed by atoms with Gasteiger partial charge in [0.1, 0.15) is 25.4 Å². The first kappa shape index (κ1) is 38.2. The number of nitrogens with zero attached hydrogens (tertiary/aromatic N) is 2. The van der Waals surface area contributed by atoms with Crippen LogP contribution < -0.4 is 14.8 Å². The third-order valence-corrected chi connectivity index (χ3v) is 6.20. The first-order chi connectivity index (χ1) is 20.2. The molecule has 2 aromatic carbocycles. The summed E-state index contributed by atoms with van der Waals surface area (Å²) in [6, 6.07) is 13.5. The van der Waals surface area contributed by atoms with Crippen LogP contribution in [0.25, 0.3) is 0 Å². The Labute approximate surface area is 253 Å². The Bertz CT molecular complexity index is 1170. The summed E-state index contributed by atoms with van der Waals surface area (Å²) in [5, 5.41) is 2.93. The van der Waals surface area contributed by atoms with Crippen molar-refractivity contribution in [3.05, 3.63) is 76.9 Å². The fraction of sp³-hybridized carbons (Fsp3) is 0.471. The molecule has 1 aromatic heterocycles. The standard InChI is InChI=1S/C29H38FN3O2.C2H4O.C2H6.CH2O.H2/c1-7-8-21-17-23(18-26(30)27(21)34-16-14-20(2)3)29(4,5)22-9-11-25(12-10-22)35-19-24-13-15-32-28(31-6)33-24;1-2-3;2*1-2;/h9-13,15,17-18,20H,7-8,14,16,19H2,1-6H3,(H,31,32,33);2H,1H3;1-2H3;1H2;1H. The third-order valence-electron chi connectivity index (χ3n) is 6.20. The summed E-state index contributed by atoms with van der Waals surface area (Å²) in [7, 11) is 1.78. The van der Waals surface area contributed by atoms with Gasteiger partial charge in [-0.3, -0.25) is 0 Å². The van der Waals surface area contributed by atoms with E-state index in [1.54, 1.807) is 19.3 Å². The molecule has 0 amide bonds. The maximum Gasteiger partial charge on any atom is 0.222 e. The number of ether oxygens (including phenoxy) is 2. The number of aldehydes is 1. The summed E-state index contributed by atoms with van der Waals surface area (Å²) in [6.45, 7) is 19.0. The van der Waals surface area contributed by atoms with Gasteiger partial charge in [0, 0.05) is 20.1 Å². The van der Waals surface area contributed by atoms with E-state index in [-0.39, 0.29) is 12.7 Å². The molecule has 0 aliphatic heterocycles. The van der Waals surface area contributed by atoms with Crippen LogP contribution in [0.3, 0.4) is 0 Å². The van der Waals surface area contributed by atoms with E-state index >= 15 is 4.39 Å². The predicted octanol–water partition coefficient (Wildman–Crippen LogP) is 8.23. The lowest BCUT2D eigenvalue weighted by Crippen LogP contribution is -2.20. The van der Waals surface area contributed by atoms with E-state index in [9.17, 15) is 0 Å². The highest BCUT2D eigenvalue weighted by Crippen LogP contribution is 2.37. The van der Waals surface area contributed by atoms with E-state index in [1.165, 1.54) is 6.92 Å². The fourth-order valence-electron chi connectivity index (χ4n) is 3.91. The van der Waals surface area contributed by atoms with Gasteiger partial charge in [0.15, 0.2) is 11.6 Å². The lowest BCUT2D eigenvalue weighted by molar-refractivity contribution is -0.106. The zero-order valence-corrected chi connectivity index (χ0v) is 26.9. The number of rotatable bonds is 12. The lowest BCUT2D eigenvalue weighted by Gasteiger charge is -2.28. The molecule has 0 bridgehead atoms. The smallest absolute Gasteiger partial charge is 0.222 e. The number of aromatic nitrogens is 2. The minimum absolute atomic E-state index is 0. The van der Waals surface area contributed by atoms with Crippen LogP contribution in [0.2, 0.25) is 0 Å². The number of halogens is 1. The molecule has 234 valence electrons. The van der Waals surface area contributed by atoms with E-state index in [4.69, 9.17) is 19.1 Å². The monoisotopic (exact) mass is 585 g/mol. The van der Waals surface area contributed by atoms with Gasteiger partial charge in [-0.05, 0) is 66.6 Å². The highest BCUT2D eigenvalue weighted by molar-refractivity contribution is 5.46. The Kier molecular flexibility index (Phi) is 19.1. The van der Waals surface area contributed by atoms with Crippen LogP contribution in [0.1, 0.15) is 92.0 Å². The maximum absolute atomic E-state index is 15.2. The molecule has 0 saturated carbocycles. The van der Waals surface area contributed by atoms with Crippen molar-refractivity contribution in [2.24, 2.45) is 5.92 Å². The molecule has 8 heteroatoms. The summed E-state index contributed by atoms with van der Waals surface area (Å²) in [5.74, 6) is 1.95. The Morgan fingerprint density at radius 3 is 2.24 bits per heavy atom. The topological polar surface area (TPSA) is 90.4 Å². The molecule has 0 atom stereocenters. The van der Waals surface area contributed by atoms with Crippen molar-refractivity contribution >= 4 is 19.0 Å². The Hall–Kier alpha value is -3.81. The molecule has 1 heterocycles. The van der Waals surface area contributed by atoms with E-state index in [2.05, 4.69) is 56.0 Å². The van der Waals surface area contributed by atoms with Gasteiger partial charge < -0.3 is 24.4 Å². The minimum atomic E-state index is -0.382. The Balaban J connectivity index is 0. The van der Waals surface area contributed by atoms with Crippen molar-refractivity contribution in [2.45, 2.75) is 86.7 Å². The van der Waals surface area contributed by atoms with Crippen LogP contribution in [0.15, 0.2) is 48.7 Å². The molecular weight excluding hydrogens is 533 g/mol. The third kappa shape index (κ3) is 12.4. The number of carbonyl (C=O) groups is 2. The van der Waals surface area contributed by atoms with Gasteiger partial charge in [0.2, 0.25) is 5.95 Å². The van der Waals surface area contributed by atoms with Gasteiger partial charge in [0.25, 0.3) is 0 Å². The fourth-order valence-corrected chi connectivity index (χ4v) is 3.91. The van der Waals surface area contributed by atoms with Crippen LogP contribution in [-0.4, -0.2) is 36.7 Å². The number of carbonyl (C=O) groups excluding carboxylic acids is 2. The van der Waals surface area contributed by atoms with E-state index in [0.29, 0.717) is 30.8 Å². The molecule has 0 aliphatic rings. The Morgan fingerprint density at radius 2 is 1.69 bits per heavy atom. The predicted molar refractivity (Wildman–Crippen MR) is 172 cm³/mol. The summed E-state index contributed by atoms with van der Waals surface area (Å²) in [5.41, 5.74) is 3.37. The largest absolute Gasteiger partial charge is 0.490 e. The molecule has 0 saturated heterocycles. The van der Waals surface area contributed by atoms with E-state index in [1.807, 2.05) is 51.0 Å². The van der Waals surface area contributed by atoms with E-state index < -0.39 is 0 Å². The maximum atomic E-state index is 15.2. The minimum Gasteiger partial charge on any atom is -0.490 e. The molecule has 1 N–H and O–H groups in total. The second-order valence-electron chi connectivity index (χ2n) is 10.0. The highest BCUT2D eigenvalue weighted by atomic mass is 19.1. The number of aryl methyl sites for hydroxylation is 1. The van der Waals surface area contributed by atoms with Crippen LogP contribution in [0, 0.1) is 11.7 Å². The van der Waals surface area contributed by atoms with Crippen LogP contribution in [-0.2, 0) is 28.0 Å². The lowest BCUT2D eigenvalue weighted by atomic mass is 9.77. The van der Waals surface area contributed by atoms with Gasteiger partial charge >= 0.3 is 0 Å². The van der Waals surface area contributed by atoms with Crippen LogP contribution in [0.4, 0.5) is 10.3 Å². The van der Waals surface area contributed by atoms with Gasteiger partial charge in [-0.15, -0.1) is 0 Å². The van der Waals surface area contributed by atoms with Crippen molar-refractivity contribution in [3.8, 4) is 11.5 Å². The van der Waals surface area contributed by atoms with Gasteiger partial charge in [-0.2, -0.15) is 0 Å². The molecule has 3 rings (SSSR count). The Morgan fingerprint density at radius 1 is 1.07 bits per heavy atom. The summed E-state index contributed by atoms with van der Waals surface area (Å²) >= 11 is 0. The average Bonchev–Trinajstić information content (AvgIpc) is 3.00. The van der Waals surface area contributed by atoms with Gasteiger partial charge in [-0.1, -0.05) is 73.1 Å². The van der Waals surface area contributed by atoms with Crippen LogP contribution in [0.5, 0.6) is 11.5 Å². The molecule has 0 fully saturated rings. The van der Waals surface area contributed by atoms with Crippen molar-refractivity contribution in [2.75, 3.05) is 19.0 Å². The van der Waals surface area contributed by atoms with Crippen molar-refractivity contribution < 1.29 is 24.9 Å². The molecule has 42 heavy (non-hydrogen) atoms. The number of benzene rings is 2. The van der Waals surface area contributed by atoms with Crippen molar-refractivity contribution in [3.63, 3.8) is 0 Å². The van der Waals surface area contributed by atoms with Crippen LogP contribution >= 0.6 is 0 Å². The first-order valence-corrected chi connectivity index (χ1v) is 14.5. The van der Waals surface area contributed by atoms with Gasteiger partial charge in [-0.25, -0.2) is 14.4 Å². The second-order valence-corrected chi connectivity index (χ2v) is 10.0. The first-order valence-electron chi connectivity index (χ1n) is 14.5.